The molecule has 0 spiro atoms. The number of hydrogen-bond donors (Lipinski definition) is 1. The standard InChI is InChI=1S/C8H15BrO/c1-6(2)8(5-10)7(3)4-9/h6,8,10H,3-5H2,1-2H3. The molecule has 0 aliphatic heterocycles. The van der Waals surface area contributed by atoms with Crippen molar-refractivity contribution in [3.8, 4) is 0 Å². The van der Waals surface area contributed by atoms with Crippen molar-refractivity contribution in [2.75, 3.05) is 11.9 Å². The highest BCUT2D eigenvalue weighted by Crippen LogP contribution is 2.19. The van der Waals surface area contributed by atoms with Crippen molar-refractivity contribution in [2.45, 2.75) is 13.8 Å². The van der Waals surface area contributed by atoms with Gasteiger partial charge in [-0.05, 0) is 5.92 Å². The summed E-state index contributed by atoms with van der Waals surface area (Å²) in [6, 6.07) is 0. The van der Waals surface area contributed by atoms with E-state index in [1.807, 2.05) is 0 Å². The molecule has 0 aromatic heterocycles. The average Bonchev–Trinajstić information content (AvgIpc) is 1.88. The van der Waals surface area contributed by atoms with Gasteiger partial charge in [-0.1, -0.05) is 41.9 Å². The lowest BCUT2D eigenvalue weighted by Crippen LogP contribution is -2.16. The van der Waals surface area contributed by atoms with Crippen molar-refractivity contribution >= 4 is 15.9 Å². The number of rotatable bonds is 4. The van der Waals surface area contributed by atoms with E-state index in [2.05, 4.69) is 36.4 Å². The van der Waals surface area contributed by atoms with Crippen LogP contribution in [-0.2, 0) is 0 Å². The summed E-state index contributed by atoms with van der Waals surface area (Å²) in [6.07, 6.45) is 0. The highest BCUT2D eigenvalue weighted by Gasteiger charge is 2.13. The van der Waals surface area contributed by atoms with Gasteiger partial charge in [0.25, 0.3) is 0 Å². The Bertz CT molecular complexity index is 110. The molecule has 0 saturated heterocycles. The van der Waals surface area contributed by atoms with Crippen LogP contribution in [0.1, 0.15) is 13.8 Å². The van der Waals surface area contributed by atoms with Crippen molar-refractivity contribution in [1.82, 2.24) is 0 Å². The lowest BCUT2D eigenvalue weighted by molar-refractivity contribution is 0.214. The zero-order chi connectivity index (χ0) is 8.15. The Kier molecular flexibility index (Phi) is 5.00. The number of hydrogen-bond acceptors (Lipinski definition) is 1. The summed E-state index contributed by atoms with van der Waals surface area (Å²) >= 11 is 3.31. The average molecular weight is 207 g/mol. The minimum absolute atomic E-state index is 0.210. The molecule has 1 atom stereocenters. The first-order valence-corrected chi connectivity index (χ1v) is 4.60. The van der Waals surface area contributed by atoms with Crippen LogP contribution in [0.5, 0.6) is 0 Å². The SMILES string of the molecule is C=C(CBr)C(CO)C(C)C. The number of aliphatic hydroxyl groups is 1. The molecule has 1 nitrogen and oxygen atoms in total. The van der Waals surface area contributed by atoms with Crippen LogP contribution < -0.4 is 0 Å². The van der Waals surface area contributed by atoms with Gasteiger partial charge in [0, 0.05) is 17.9 Å². The van der Waals surface area contributed by atoms with E-state index in [0.717, 1.165) is 10.9 Å². The second kappa shape index (κ2) is 4.91. The molecule has 0 aromatic rings. The van der Waals surface area contributed by atoms with Gasteiger partial charge in [-0.15, -0.1) is 0 Å². The molecular weight excluding hydrogens is 192 g/mol. The minimum atomic E-state index is 0.210. The first-order chi connectivity index (χ1) is 4.63. The Hall–Kier alpha value is 0.180. The zero-order valence-corrected chi connectivity index (χ0v) is 8.19. The minimum Gasteiger partial charge on any atom is -0.396 e. The van der Waals surface area contributed by atoms with Crippen molar-refractivity contribution in [3.63, 3.8) is 0 Å². The predicted molar refractivity (Wildman–Crippen MR) is 48.3 cm³/mol. The maximum atomic E-state index is 8.92. The quantitative estimate of drug-likeness (QED) is 0.553. The molecule has 0 aliphatic rings. The number of halogens is 1. The Morgan fingerprint density at radius 2 is 2.10 bits per heavy atom. The molecule has 2 heteroatoms. The fraction of sp³-hybridized carbons (Fsp3) is 0.750. The van der Waals surface area contributed by atoms with E-state index >= 15 is 0 Å². The van der Waals surface area contributed by atoms with Crippen LogP contribution in [0.3, 0.4) is 0 Å². The fourth-order valence-corrected chi connectivity index (χ4v) is 1.33. The molecule has 1 unspecified atom stereocenters. The van der Waals surface area contributed by atoms with Gasteiger partial charge in [0.05, 0.1) is 0 Å². The largest absolute Gasteiger partial charge is 0.396 e. The van der Waals surface area contributed by atoms with Crippen LogP contribution in [0.15, 0.2) is 12.2 Å². The van der Waals surface area contributed by atoms with Crippen LogP contribution in [0.4, 0.5) is 0 Å². The lowest BCUT2D eigenvalue weighted by Gasteiger charge is -2.18. The van der Waals surface area contributed by atoms with Gasteiger partial charge >= 0.3 is 0 Å². The van der Waals surface area contributed by atoms with Crippen LogP contribution >= 0.6 is 15.9 Å². The smallest absolute Gasteiger partial charge is 0.0499 e. The maximum absolute atomic E-state index is 8.92. The number of alkyl halides is 1. The molecule has 0 radical (unpaired) electrons. The van der Waals surface area contributed by atoms with E-state index in [1.54, 1.807) is 0 Å². The van der Waals surface area contributed by atoms with Crippen LogP contribution in [0, 0.1) is 11.8 Å². The third-order valence-corrected chi connectivity index (χ3v) is 2.42. The molecule has 0 aliphatic carbocycles. The summed E-state index contributed by atoms with van der Waals surface area (Å²) in [4.78, 5) is 0. The summed E-state index contributed by atoms with van der Waals surface area (Å²) in [5.74, 6) is 0.731. The van der Waals surface area contributed by atoms with Gasteiger partial charge in [0.1, 0.15) is 0 Å². The summed E-state index contributed by atoms with van der Waals surface area (Å²) < 4.78 is 0. The Morgan fingerprint density at radius 3 is 2.20 bits per heavy atom. The maximum Gasteiger partial charge on any atom is 0.0499 e. The second-order valence-corrected chi connectivity index (χ2v) is 3.39. The van der Waals surface area contributed by atoms with Gasteiger partial charge in [0.15, 0.2) is 0 Å². The van der Waals surface area contributed by atoms with Crippen LogP contribution in [0.2, 0.25) is 0 Å². The van der Waals surface area contributed by atoms with Gasteiger partial charge in [-0.25, -0.2) is 0 Å². The summed E-state index contributed by atoms with van der Waals surface area (Å²) in [5, 5.41) is 9.70. The lowest BCUT2D eigenvalue weighted by atomic mass is 9.91. The highest BCUT2D eigenvalue weighted by molar-refractivity contribution is 9.09. The summed E-state index contributed by atoms with van der Waals surface area (Å²) in [6.45, 7) is 8.25. The normalized spacial score (nSPS) is 13.7. The first kappa shape index (κ1) is 10.2. The molecule has 60 valence electrons. The molecule has 0 saturated carbocycles. The van der Waals surface area contributed by atoms with Gasteiger partial charge in [0.2, 0.25) is 0 Å². The molecule has 0 bridgehead atoms. The van der Waals surface area contributed by atoms with Crippen LogP contribution in [0.25, 0.3) is 0 Å². The third kappa shape index (κ3) is 2.84. The van der Waals surface area contributed by atoms with E-state index in [-0.39, 0.29) is 12.5 Å². The molecule has 0 aromatic carbocycles. The van der Waals surface area contributed by atoms with Crippen molar-refractivity contribution in [3.05, 3.63) is 12.2 Å². The van der Waals surface area contributed by atoms with Gasteiger partial charge < -0.3 is 5.11 Å². The van der Waals surface area contributed by atoms with E-state index in [0.29, 0.717) is 5.92 Å². The molecule has 0 fully saturated rings. The van der Waals surface area contributed by atoms with Crippen molar-refractivity contribution in [2.24, 2.45) is 11.8 Å². The Balaban J connectivity index is 3.93. The third-order valence-electron chi connectivity index (χ3n) is 1.70. The van der Waals surface area contributed by atoms with E-state index in [4.69, 9.17) is 5.11 Å². The molecule has 1 N–H and O–H groups in total. The van der Waals surface area contributed by atoms with Gasteiger partial charge in [-0.3, -0.25) is 0 Å². The molecule has 10 heavy (non-hydrogen) atoms. The molecule has 0 rings (SSSR count). The van der Waals surface area contributed by atoms with E-state index < -0.39 is 0 Å². The fourth-order valence-electron chi connectivity index (χ4n) is 0.910. The summed E-state index contributed by atoms with van der Waals surface area (Å²) in [5.41, 5.74) is 1.08. The topological polar surface area (TPSA) is 20.2 Å². The molecule has 0 amide bonds. The van der Waals surface area contributed by atoms with Crippen LogP contribution in [-0.4, -0.2) is 17.0 Å². The van der Waals surface area contributed by atoms with E-state index in [9.17, 15) is 0 Å². The first-order valence-electron chi connectivity index (χ1n) is 3.48. The Morgan fingerprint density at radius 1 is 1.60 bits per heavy atom. The number of aliphatic hydroxyl groups excluding tert-OH is 1. The second-order valence-electron chi connectivity index (χ2n) is 2.82. The predicted octanol–water partition coefficient (Wildman–Crippen LogP) is 2.20. The monoisotopic (exact) mass is 206 g/mol. The highest BCUT2D eigenvalue weighted by atomic mass is 79.9. The van der Waals surface area contributed by atoms with Crippen molar-refractivity contribution < 1.29 is 5.11 Å². The Labute approximate surface area is 71.3 Å². The zero-order valence-electron chi connectivity index (χ0n) is 6.60. The summed E-state index contributed by atoms with van der Waals surface area (Å²) in [7, 11) is 0. The molecule has 0 heterocycles. The molecular formula is C8H15BrO. The van der Waals surface area contributed by atoms with Crippen molar-refractivity contribution in [1.29, 1.82) is 0 Å². The van der Waals surface area contributed by atoms with E-state index in [1.165, 1.54) is 0 Å². The van der Waals surface area contributed by atoms with Gasteiger partial charge in [-0.2, -0.15) is 0 Å².